The molecule has 0 aromatic carbocycles. The van der Waals surface area contributed by atoms with Crippen molar-refractivity contribution in [3.8, 4) is 6.07 Å². The van der Waals surface area contributed by atoms with Crippen LogP contribution >= 0.6 is 22.6 Å². The lowest BCUT2D eigenvalue weighted by atomic mass is 10.1. The minimum Gasteiger partial charge on any atom is -0.244 e. The van der Waals surface area contributed by atoms with Crippen molar-refractivity contribution in [2.75, 3.05) is 0 Å². The summed E-state index contributed by atoms with van der Waals surface area (Å²) in [6, 6.07) is 1.22. The highest BCUT2D eigenvalue weighted by Crippen LogP contribution is 2.39. The Hall–Kier alpha value is -0.980. The molecule has 1 aromatic heterocycles. The fraction of sp³-hybridized carbons (Fsp3) is 0.250. The van der Waals surface area contributed by atoms with Gasteiger partial charge in [0.1, 0.15) is 11.8 Å². The van der Waals surface area contributed by atoms with Gasteiger partial charge >= 0.3 is 6.18 Å². The van der Waals surface area contributed by atoms with Crippen molar-refractivity contribution < 1.29 is 22.0 Å². The molecule has 2 nitrogen and oxygen atoms in total. The van der Waals surface area contributed by atoms with E-state index in [1.165, 1.54) is 28.7 Å². The van der Waals surface area contributed by atoms with Gasteiger partial charge in [0, 0.05) is 9.77 Å². The Morgan fingerprint density at radius 2 is 1.94 bits per heavy atom. The molecular weight excluding hydrogens is 346 g/mol. The predicted octanol–water partition coefficient (Wildman–Crippen LogP) is 3.51. The number of hydrogen-bond donors (Lipinski definition) is 0. The average Bonchev–Trinajstić information content (AvgIpc) is 2.15. The van der Waals surface area contributed by atoms with E-state index >= 15 is 0 Å². The van der Waals surface area contributed by atoms with Crippen LogP contribution in [0.1, 0.15) is 23.2 Å². The standard InChI is InChI=1S/C8H2F5IN2/c9-7(10)5-4(1-15)16-2-3(14)6(5)8(11,12)13/h2,7H. The molecule has 1 heterocycles. The Labute approximate surface area is 100 Å². The third-order valence-corrected chi connectivity index (χ3v) is 2.50. The molecule has 0 amide bonds. The molecule has 0 unspecified atom stereocenters. The summed E-state index contributed by atoms with van der Waals surface area (Å²) in [7, 11) is 0. The third kappa shape index (κ3) is 2.40. The van der Waals surface area contributed by atoms with Gasteiger partial charge in [0.2, 0.25) is 0 Å². The minimum atomic E-state index is -4.93. The number of alkyl halides is 5. The second kappa shape index (κ2) is 4.48. The van der Waals surface area contributed by atoms with E-state index in [-0.39, 0.29) is 0 Å². The first-order valence-corrected chi connectivity index (χ1v) is 4.80. The smallest absolute Gasteiger partial charge is 0.244 e. The molecule has 0 bridgehead atoms. The maximum atomic E-state index is 12.5. The number of nitrogens with zero attached hydrogens (tertiary/aromatic N) is 2. The van der Waals surface area contributed by atoms with Crippen LogP contribution in [-0.2, 0) is 6.18 Å². The summed E-state index contributed by atoms with van der Waals surface area (Å²) >= 11 is 1.25. The van der Waals surface area contributed by atoms with Crippen LogP contribution in [0.15, 0.2) is 6.20 Å². The average molecular weight is 348 g/mol. The molecule has 8 heteroatoms. The van der Waals surface area contributed by atoms with Gasteiger partial charge in [0.05, 0.1) is 11.1 Å². The van der Waals surface area contributed by atoms with Crippen LogP contribution in [0.4, 0.5) is 22.0 Å². The molecule has 0 aliphatic heterocycles. The van der Waals surface area contributed by atoms with Crippen LogP contribution in [0.2, 0.25) is 0 Å². The quantitative estimate of drug-likeness (QED) is 0.575. The molecule has 0 saturated carbocycles. The molecule has 0 saturated heterocycles. The first kappa shape index (κ1) is 13.1. The molecule has 0 fully saturated rings. The predicted molar refractivity (Wildman–Crippen MR) is 51.6 cm³/mol. The van der Waals surface area contributed by atoms with E-state index in [0.717, 1.165) is 6.20 Å². The molecule has 86 valence electrons. The summed E-state index contributed by atoms with van der Waals surface area (Å²) in [5.74, 6) is 0. The third-order valence-electron chi connectivity index (χ3n) is 1.68. The lowest BCUT2D eigenvalue weighted by molar-refractivity contribution is -0.140. The number of nitriles is 1. The zero-order valence-electron chi connectivity index (χ0n) is 7.32. The van der Waals surface area contributed by atoms with Crippen molar-refractivity contribution in [3.63, 3.8) is 0 Å². The van der Waals surface area contributed by atoms with Gasteiger partial charge in [-0.15, -0.1) is 0 Å². The maximum Gasteiger partial charge on any atom is 0.418 e. The second-order valence-corrected chi connectivity index (χ2v) is 3.82. The summed E-state index contributed by atoms with van der Waals surface area (Å²) in [5.41, 5.74) is -3.75. The first-order chi connectivity index (χ1) is 7.29. The summed E-state index contributed by atoms with van der Waals surface area (Å²) in [4.78, 5) is 3.24. The minimum absolute atomic E-state index is 0.459. The van der Waals surface area contributed by atoms with Gasteiger partial charge in [-0.1, -0.05) is 0 Å². The van der Waals surface area contributed by atoms with Crippen LogP contribution in [0.25, 0.3) is 0 Å². The van der Waals surface area contributed by atoms with Crippen LogP contribution in [0.3, 0.4) is 0 Å². The molecule has 0 aliphatic carbocycles. The van der Waals surface area contributed by atoms with Crippen LogP contribution < -0.4 is 0 Å². The van der Waals surface area contributed by atoms with Gasteiger partial charge in [-0.3, -0.25) is 0 Å². The largest absolute Gasteiger partial charge is 0.418 e. The SMILES string of the molecule is N#Cc1ncc(I)c(C(F)(F)F)c1C(F)F. The molecule has 1 rings (SSSR count). The van der Waals surface area contributed by atoms with Crippen molar-refractivity contribution in [2.45, 2.75) is 12.6 Å². The zero-order chi connectivity index (χ0) is 12.5. The van der Waals surface area contributed by atoms with E-state index in [9.17, 15) is 22.0 Å². The highest BCUT2D eigenvalue weighted by Gasteiger charge is 2.39. The summed E-state index contributed by atoms with van der Waals surface area (Å²) in [6.45, 7) is 0. The van der Waals surface area contributed by atoms with Crippen molar-refractivity contribution >= 4 is 22.6 Å². The Morgan fingerprint density at radius 1 is 1.38 bits per heavy atom. The second-order valence-electron chi connectivity index (χ2n) is 2.65. The van der Waals surface area contributed by atoms with E-state index < -0.39 is 33.0 Å². The maximum absolute atomic E-state index is 12.5. The topological polar surface area (TPSA) is 36.7 Å². The zero-order valence-corrected chi connectivity index (χ0v) is 9.47. The Bertz CT molecular complexity index is 449. The van der Waals surface area contributed by atoms with Gasteiger partial charge in [0.15, 0.2) is 0 Å². The molecule has 0 atom stereocenters. The lowest BCUT2D eigenvalue weighted by Crippen LogP contribution is -2.14. The number of halogens is 6. The number of hydrogen-bond acceptors (Lipinski definition) is 2. The number of pyridine rings is 1. The Morgan fingerprint density at radius 3 is 2.31 bits per heavy atom. The van der Waals surface area contributed by atoms with E-state index in [4.69, 9.17) is 5.26 Å². The highest BCUT2D eigenvalue weighted by atomic mass is 127. The molecule has 0 N–H and O–H groups in total. The Balaban J connectivity index is 3.63. The highest BCUT2D eigenvalue weighted by molar-refractivity contribution is 14.1. The van der Waals surface area contributed by atoms with Gasteiger partial charge in [-0.25, -0.2) is 13.8 Å². The van der Waals surface area contributed by atoms with E-state index in [1.54, 1.807) is 0 Å². The van der Waals surface area contributed by atoms with Crippen molar-refractivity contribution in [1.29, 1.82) is 5.26 Å². The summed E-state index contributed by atoms with van der Waals surface area (Å²) < 4.78 is 62.1. The van der Waals surface area contributed by atoms with Crippen molar-refractivity contribution in [2.24, 2.45) is 0 Å². The molecule has 1 aromatic rings. The molecular formula is C8H2F5IN2. The first-order valence-electron chi connectivity index (χ1n) is 3.73. The van der Waals surface area contributed by atoms with Gasteiger partial charge < -0.3 is 0 Å². The van der Waals surface area contributed by atoms with Crippen molar-refractivity contribution in [3.05, 3.63) is 26.6 Å². The fourth-order valence-corrected chi connectivity index (χ4v) is 1.83. The monoisotopic (exact) mass is 348 g/mol. The fourth-order valence-electron chi connectivity index (χ4n) is 1.09. The normalized spacial score (nSPS) is 11.6. The summed E-state index contributed by atoms with van der Waals surface area (Å²) in [6.07, 6.45) is -7.58. The molecule has 0 aliphatic rings. The number of rotatable bonds is 1. The molecule has 0 spiro atoms. The van der Waals surface area contributed by atoms with E-state index in [1.807, 2.05) is 0 Å². The van der Waals surface area contributed by atoms with Gasteiger partial charge in [-0.05, 0) is 22.6 Å². The van der Waals surface area contributed by atoms with Crippen LogP contribution in [0.5, 0.6) is 0 Å². The van der Waals surface area contributed by atoms with Crippen LogP contribution in [-0.4, -0.2) is 4.98 Å². The van der Waals surface area contributed by atoms with Crippen LogP contribution in [0, 0.1) is 14.9 Å². The summed E-state index contributed by atoms with van der Waals surface area (Å²) in [5, 5.41) is 8.43. The lowest BCUT2D eigenvalue weighted by Gasteiger charge is -2.14. The van der Waals surface area contributed by atoms with Gasteiger partial charge in [0.25, 0.3) is 6.43 Å². The van der Waals surface area contributed by atoms with E-state index in [0.29, 0.717) is 0 Å². The molecule has 16 heavy (non-hydrogen) atoms. The van der Waals surface area contributed by atoms with Crippen molar-refractivity contribution in [1.82, 2.24) is 4.98 Å². The Kier molecular flexibility index (Phi) is 3.67. The van der Waals surface area contributed by atoms with Gasteiger partial charge in [-0.2, -0.15) is 18.4 Å². The number of aromatic nitrogens is 1. The molecule has 0 radical (unpaired) electrons. The van der Waals surface area contributed by atoms with E-state index in [2.05, 4.69) is 4.98 Å².